The summed E-state index contributed by atoms with van der Waals surface area (Å²) >= 11 is 0. The van der Waals surface area contributed by atoms with Gasteiger partial charge in [-0.15, -0.1) is 0 Å². The lowest BCUT2D eigenvalue weighted by molar-refractivity contribution is -0.126. The average molecular weight is 210 g/mol. The molecule has 1 unspecified atom stereocenters. The van der Waals surface area contributed by atoms with Crippen molar-refractivity contribution in [1.29, 1.82) is 0 Å². The number of carbonyl (C=O) groups is 1. The van der Waals surface area contributed by atoms with Crippen LogP contribution in [0.2, 0.25) is 0 Å². The van der Waals surface area contributed by atoms with Crippen LogP contribution >= 0.6 is 0 Å². The van der Waals surface area contributed by atoms with Gasteiger partial charge in [0.2, 0.25) is 5.91 Å². The van der Waals surface area contributed by atoms with Gasteiger partial charge in [0, 0.05) is 31.7 Å². The Hall–Kier alpha value is -0.830. The topological polar surface area (TPSA) is 23.6 Å². The third-order valence-corrected chi connectivity index (χ3v) is 3.04. The van der Waals surface area contributed by atoms with E-state index in [0.29, 0.717) is 12.1 Å². The molecule has 0 aromatic carbocycles. The van der Waals surface area contributed by atoms with Crippen molar-refractivity contribution in [3.8, 4) is 0 Å². The third-order valence-electron chi connectivity index (χ3n) is 3.04. The maximum Gasteiger partial charge on any atom is 0.246 e. The number of carbonyl (C=O) groups excluding carboxylic acids is 1. The number of hydrogen-bond donors (Lipinski definition) is 0. The lowest BCUT2D eigenvalue weighted by Crippen LogP contribution is -2.43. The summed E-state index contributed by atoms with van der Waals surface area (Å²) in [6.45, 7) is 12.9. The zero-order valence-corrected chi connectivity index (χ0v) is 10.1. The molecule has 1 saturated heterocycles. The summed E-state index contributed by atoms with van der Waals surface area (Å²) in [7, 11) is 0. The van der Waals surface area contributed by atoms with E-state index in [0.717, 1.165) is 26.1 Å². The molecule has 15 heavy (non-hydrogen) atoms. The van der Waals surface area contributed by atoms with E-state index in [2.05, 4.69) is 32.3 Å². The van der Waals surface area contributed by atoms with E-state index in [1.807, 2.05) is 4.90 Å². The molecule has 1 fully saturated rings. The number of hydrogen-bond acceptors (Lipinski definition) is 2. The molecular formula is C12H22N2O. The van der Waals surface area contributed by atoms with Gasteiger partial charge in [0.05, 0.1) is 0 Å². The molecule has 86 valence electrons. The van der Waals surface area contributed by atoms with Gasteiger partial charge in [-0.1, -0.05) is 6.58 Å². The highest BCUT2D eigenvalue weighted by Gasteiger charge is 2.24. The Bertz CT molecular complexity index is 238. The minimum absolute atomic E-state index is 0.0625. The van der Waals surface area contributed by atoms with Crippen molar-refractivity contribution in [2.75, 3.05) is 19.6 Å². The summed E-state index contributed by atoms with van der Waals surface area (Å²) in [5.41, 5.74) is 0. The molecule has 0 aromatic heterocycles. The van der Waals surface area contributed by atoms with E-state index in [1.165, 1.54) is 6.08 Å². The maximum atomic E-state index is 11.5. The maximum absolute atomic E-state index is 11.5. The molecule has 3 nitrogen and oxygen atoms in total. The van der Waals surface area contributed by atoms with Crippen LogP contribution in [0.25, 0.3) is 0 Å². The van der Waals surface area contributed by atoms with Gasteiger partial charge in [-0.05, 0) is 33.3 Å². The first kappa shape index (κ1) is 12.2. The summed E-state index contributed by atoms with van der Waals surface area (Å²) in [5, 5.41) is 0. The second kappa shape index (κ2) is 5.31. The van der Waals surface area contributed by atoms with Crippen LogP contribution in [-0.2, 0) is 4.79 Å². The van der Waals surface area contributed by atoms with Crippen LogP contribution in [-0.4, -0.2) is 47.4 Å². The predicted molar refractivity (Wildman–Crippen MR) is 62.7 cm³/mol. The highest BCUT2D eigenvalue weighted by atomic mass is 16.2. The first-order valence-corrected chi connectivity index (χ1v) is 5.73. The van der Waals surface area contributed by atoms with Crippen molar-refractivity contribution >= 4 is 5.91 Å². The fourth-order valence-corrected chi connectivity index (χ4v) is 2.28. The van der Waals surface area contributed by atoms with Gasteiger partial charge in [0.15, 0.2) is 0 Å². The van der Waals surface area contributed by atoms with Crippen LogP contribution in [0.5, 0.6) is 0 Å². The van der Waals surface area contributed by atoms with Crippen LogP contribution in [0.1, 0.15) is 27.2 Å². The quantitative estimate of drug-likeness (QED) is 0.645. The number of amides is 1. The van der Waals surface area contributed by atoms with Crippen molar-refractivity contribution in [2.24, 2.45) is 0 Å². The molecular weight excluding hydrogens is 188 g/mol. The molecule has 0 N–H and O–H groups in total. The van der Waals surface area contributed by atoms with E-state index >= 15 is 0 Å². The van der Waals surface area contributed by atoms with Crippen molar-refractivity contribution in [2.45, 2.75) is 39.3 Å². The molecule has 0 aromatic rings. The van der Waals surface area contributed by atoms with Crippen molar-refractivity contribution < 1.29 is 4.79 Å². The first-order valence-electron chi connectivity index (χ1n) is 5.73. The van der Waals surface area contributed by atoms with Crippen molar-refractivity contribution in [3.05, 3.63) is 12.7 Å². The van der Waals surface area contributed by atoms with E-state index < -0.39 is 0 Å². The van der Waals surface area contributed by atoms with Crippen LogP contribution in [0.3, 0.4) is 0 Å². The third kappa shape index (κ3) is 3.06. The zero-order chi connectivity index (χ0) is 11.4. The Morgan fingerprint density at radius 2 is 2.13 bits per heavy atom. The lowest BCUT2D eigenvalue weighted by atomic mass is 10.2. The monoisotopic (exact) mass is 210 g/mol. The van der Waals surface area contributed by atoms with Crippen LogP contribution in [0, 0.1) is 0 Å². The van der Waals surface area contributed by atoms with Crippen LogP contribution in [0.15, 0.2) is 12.7 Å². The summed E-state index contributed by atoms with van der Waals surface area (Å²) < 4.78 is 0. The van der Waals surface area contributed by atoms with Gasteiger partial charge in [-0.2, -0.15) is 0 Å². The Labute approximate surface area is 92.7 Å². The molecule has 3 heteroatoms. The zero-order valence-electron chi connectivity index (χ0n) is 10.1. The largest absolute Gasteiger partial charge is 0.338 e. The molecule has 0 saturated carbocycles. The van der Waals surface area contributed by atoms with Crippen LogP contribution in [0.4, 0.5) is 0 Å². The van der Waals surface area contributed by atoms with Gasteiger partial charge < -0.3 is 4.90 Å². The molecule has 1 aliphatic rings. The predicted octanol–water partition coefficient (Wildman–Crippen LogP) is 1.50. The molecule has 1 amide bonds. The Morgan fingerprint density at radius 3 is 2.67 bits per heavy atom. The van der Waals surface area contributed by atoms with Gasteiger partial charge in [0.1, 0.15) is 0 Å². The SMILES string of the molecule is C=CC(=O)N1CCCN(C(C)C)C(C)C1. The molecule has 1 aliphatic heterocycles. The highest BCUT2D eigenvalue weighted by molar-refractivity contribution is 5.87. The number of rotatable bonds is 2. The summed E-state index contributed by atoms with van der Waals surface area (Å²) in [5.74, 6) is 0.0625. The summed E-state index contributed by atoms with van der Waals surface area (Å²) in [6.07, 6.45) is 2.47. The standard InChI is InChI=1S/C12H22N2O/c1-5-12(15)13-7-6-8-14(10(2)3)11(4)9-13/h5,10-11H,1,6-9H2,2-4H3. The van der Waals surface area contributed by atoms with Crippen molar-refractivity contribution in [3.63, 3.8) is 0 Å². The van der Waals surface area contributed by atoms with E-state index in [9.17, 15) is 4.79 Å². The molecule has 1 heterocycles. The molecule has 0 bridgehead atoms. The van der Waals surface area contributed by atoms with Crippen LogP contribution < -0.4 is 0 Å². The molecule has 1 atom stereocenters. The second-order valence-corrected chi connectivity index (χ2v) is 4.52. The minimum Gasteiger partial charge on any atom is -0.338 e. The van der Waals surface area contributed by atoms with E-state index in [-0.39, 0.29) is 5.91 Å². The fourth-order valence-electron chi connectivity index (χ4n) is 2.28. The Morgan fingerprint density at radius 1 is 1.47 bits per heavy atom. The molecule has 0 spiro atoms. The van der Waals surface area contributed by atoms with E-state index in [4.69, 9.17) is 0 Å². The Balaban J connectivity index is 2.64. The van der Waals surface area contributed by atoms with Crippen molar-refractivity contribution in [1.82, 2.24) is 9.80 Å². The molecule has 0 aliphatic carbocycles. The molecule has 1 rings (SSSR count). The normalized spacial score (nSPS) is 24.0. The molecule has 0 radical (unpaired) electrons. The lowest BCUT2D eigenvalue weighted by Gasteiger charge is -2.31. The minimum atomic E-state index is 0.0625. The highest BCUT2D eigenvalue weighted by Crippen LogP contribution is 2.13. The van der Waals surface area contributed by atoms with Gasteiger partial charge >= 0.3 is 0 Å². The summed E-state index contributed by atoms with van der Waals surface area (Å²) in [4.78, 5) is 15.9. The van der Waals surface area contributed by atoms with Gasteiger partial charge in [-0.3, -0.25) is 9.69 Å². The van der Waals surface area contributed by atoms with E-state index in [1.54, 1.807) is 0 Å². The smallest absolute Gasteiger partial charge is 0.246 e. The fraction of sp³-hybridized carbons (Fsp3) is 0.750. The van der Waals surface area contributed by atoms with Gasteiger partial charge in [0.25, 0.3) is 0 Å². The Kier molecular flexibility index (Phi) is 4.33. The first-order chi connectivity index (χ1) is 7.06. The average Bonchev–Trinajstić information content (AvgIpc) is 2.38. The second-order valence-electron chi connectivity index (χ2n) is 4.52. The summed E-state index contributed by atoms with van der Waals surface area (Å²) in [6, 6.07) is 0.996. The number of nitrogens with zero attached hydrogens (tertiary/aromatic N) is 2. The van der Waals surface area contributed by atoms with Gasteiger partial charge in [-0.25, -0.2) is 0 Å².